The van der Waals surface area contributed by atoms with Gasteiger partial charge in [-0.05, 0) is 46.6 Å². The molecule has 5 aromatic carbocycles. The van der Waals surface area contributed by atoms with Gasteiger partial charge in [0.2, 0.25) is 0 Å². The van der Waals surface area contributed by atoms with Gasteiger partial charge in [0.05, 0.1) is 10.5 Å². The van der Waals surface area contributed by atoms with Crippen LogP contribution in [0.3, 0.4) is 0 Å². The average molecular weight is 528 g/mol. The monoisotopic (exact) mass is 527 g/mol. The van der Waals surface area contributed by atoms with Crippen LogP contribution in [0.25, 0.3) is 6.08 Å². The van der Waals surface area contributed by atoms with Gasteiger partial charge < -0.3 is 0 Å². The average Bonchev–Trinajstić information content (AvgIpc) is 3.00. The third-order valence-electron chi connectivity index (χ3n) is 6.59. The molecule has 0 saturated heterocycles. The predicted octanol–water partition coefficient (Wildman–Crippen LogP) is 6.39. The van der Waals surface area contributed by atoms with E-state index in [1.165, 1.54) is 12.1 Å². The molecule has 0 heterocycles. The van der Waals surface area contributed by atoms with Gasteiger partial charge in [-0.2, -0.15) is 0 Å². The van der Waals surface area contributed by atoms with Crippen molar-refractivity contribution in [3.63, 3.8) is 0 Å². The van der Waals surface area contributed by atoms with Crippen LogP contribution in [0.5, 0.6) is 0 Å². The Morgan fingerprint density at radius 3 is 1.46 bits per heavy atom. The fourth-order valence-electron chi connectivity index (χ4n) is 4.93. The molecule has 5 aromatic rings. The van der Waals surface area contributed by atoms with Crippen LogP contribution in [0.2, 0.25) is 0 Å². The molecule has 0 spiro atoms. The van der Waals surface area contributed by atoms with Crippen molar-refractivity contribution in [3.8, 4) is 0 Å². The normalized spacial score (nSPS) is 11.3. The Morgan fingerprint density at radius 1 is 0.590 bits per heavy atom. The van der Waals surface area contributed by atoms with E-state index in [9.17, 15) is 14.9 Å². The zero-order valence-electron chi connectivity index (χ0n) is 21.1. The lowest BCUT2D eigenvalue weighted by atomic mass is 10.1. The molecule has 190 valence electrons. The van der Waals surface area contributed by atoms with E-state index in [4.69, 9.17) is 0 Å². The van der Waals surface area contributed by atoms with Crippen LogP contribution < -0.4 is 15.9 Å². The summed E-state index contributed by atoms with van der Waals surface area (Å²) in [7, 11) is 0. The Morgan fingerprint density at radius 2 is 1.00 bits per heavy atom. The quantitative estimate of drug-likeness (QED) is 0.102. The third kappa shape index (κ3) is 5.16. The largest absolute Gasteiger partial charge is 0.289 e. The minimum absolute atomic E-state index is 0.0435. The van der Waals surface area contributed by atoms with Crippen LogP contribution in [0.1, 0.15) is 11.1 Å². The van der Waals surface area contributed by atoms with Crippen molar-refractivity contribution in [2.45, 2.75) is 0 Å². The number of carbonyl (C=O) groups excluding carboxylic acids is 1. The molecule has 0 aliphatic heterocycles. The number of hydrogen-bond acceptors (Lipinski definition) is 3. The van der Waals surface area contributed by atoms with Crippen molar-refractivity contribution in [1.29, 1.82) is 0 Å². The second-order valence-electron chi connectivity index (χ2n) is 8.91. The Labute approximate surface area is 228 Å². The standard InChI is InChI=1S/C34H26NO3P/c36-33(26-25-27-15-13-14-24-32(27)35(37)38)34(28-16-5-1-6-17-28)39(29-18-7-2-8-19-29,30-20-9-3-10-21-30)31-22-11-4-12-23-31/h1-26H/b26-25+. The first-order valence-electron chi connectivity index (χ1n) is 12.6. The highest BCUT2D eigenvalue weighted by atomic mass is 31.2. The van der Waals surface area contributed by atoms with Crippen LogP contribution in [0.4, 0.5) is 5.69 Å². The number of allylic oxidation sites excluding steroid dienone is 1. The number of nitrogens with zero attached hydrogens (tertiary/aromatic N) is 1. The van der Waals surface area contributed by atoms with Crippen molar-refractivity contribution in [3.05, 3.63) is 173 Å². The molecule has 0 aliphatic rings. The Balaban J connectivity index is 1.92. The molecule has 0 N–H and O–H groups in total. The first kappa shape index (κ1) is 25.8. The summed E-state index contributed by atoms with van der Waals surface area (Å²) >= 11 is 0. The molecule has 39 heavy (non-hydrogen) atoms. The molecule has 4 nitrogen and oxygen atoms in total. The fraction of sp³-hybridized carbons (Fsp3) is 0. The second-order valence-corrected chi connectivity index (χ2v) is 12.2. The minimum atomic E-state index is -2.71. The molecule has 0 bridgehead atoms. The van der Waals surface area contributed by atoms with Gasteiger partial charge in [-0.1, -0.05) is 133 Å². The third-order valence-corrected chi connectivity index (χ3v) is 11.0. The zero-order valence-corrected chi connectivity index (χ0v) is 22.0. The van der Waals surface area contributed by atoms with Crippen molar-refractivity contribution in [2.75, 3.05) is 0 Å². The molecule has 0 amide bonds. The molecule has 0 saturated carbocycles. The van der Waals surface area contributed by atoms with Crippen LogP contribution in [0.15, 0.2) is 152 Å². The van der Waals surface area contributed by atoms with Crippen LogP contribution in [-0.2, 0) is 4.79 Å². The molecule has 0 aliphatic carbocycles. The summed E-state index contributed by atoms with van der Waals surface area (Å²) in [4.78, 5) is 25.7. The molecule has 0 fully saturated rings. The van der Waals surface area contributed by atoms with Gasteiger partial charge in [-0.25, -0.2) is 0 Å². The molecule has 5 rings (SSSR count). The maximum Gasteiger partial charge on any atom is 0.276 e. The molecular weight excluding hydrogens is 501 g/mol. The van der Waals surface area contributed by atoms with E-state index in [2.05, 4.69) is 36.4 Å². The number of ketones is 1. The summed E-state index contributed by atoms with van der Waals surface area (Å²) in [6, 6.07) is 46.7. The minimum Gasteiger partial charge on any atom is -0.289 e. The Bertz CT molecular complexity index is 1580. The maximum atomic E-state index is 14.5. The van der Waals surface area contributed by atoms with E-state index >= 15 is 0 Å². The number of nitro groups is 1. The highest BCUT2D eigenvalue weighted by molar-refractivity contribution is 7.96. The van der Waals surface area contributed by atoms with Crippen LogP contribution in [0, 0.1) is 10.1 Å². The van der Waals surface area contributed by atoms with E-state index in [-0.39, 0.29) is 11.5 Å². The SMILES string of the molecule is O=C(/C=C/c1ccccc1[N+](=O)[O-])C(c1ccccc1)=P(c1ccccc1)(c1ccccc1)c1ccccc1. The second kappa shape index (κ2) is 11.7. The number of hydrogen-bond donors (Lipinski definition) is 0. The highest BCUT2D eigenvalue weighted by Crippen LogP contribution is 2.48. The smallest absolute Gasteiger partial charge is 0.276 e. The number of nitro benzene ring substituents is 1. The van der Waals surface area contributed by atoms with Crippen LogP contribution in [-0.4, -0.2) is 16.0 Å². The fourth-order valence-corrected chi connectivity index (χ4v) is 9.39. The lowest BCUT2D eigenvalue weighted by Crippen LogP contribution is -2.33. The van der Waals surface area contributed by atoms with E-state index in [0.29, 0.717) is 10.9 Å². The van der Waals surface area contributed by atoms with Gasteiger partial charge in [0.15, 0.2) is 5.78 Å². The van der Waals surface area contributed by atoms with Gasteiger partial charge in [0.25, 0.3) is 5.69 Å². The summed E-state index contributed by atoms with van der Waals surface area (Å²) < 4.78 is 0. The Kier molecular flexibility index (Phi) is 7.77. The van der Waals surface area contributed by atoms with Gasteiger partial charge in [-0.3, -0.25) is 14.9 Å². The zero-order chi connectivity index (χ0) is 27.1. The van der Waals surface area contributed by atoms with Crippen molar-refractivity contribution < 1.29 is 9.72 Å². The van der Waals surface area contributed by atoms with Crippen molar-refractivity contribution >= 4 is 45.6 Å². The molecule has 0 aromatic heterocycles. The van der Waals surface area contributed by atoms with Crippen molar-refractivity contribution in [1.82, 2.24) is 0 Å². The van der Waals surface area contributed by atoms with E-state index < -0.39 is 11.8 Å². The van der Waals surface area contributed by atoms with E-state index in [0.717, 1.165) is 21.5 Å². The predicted molar refractivity (Wildman–Crippen MR) is 163 cm³/mol. The molecule has 0 radical (unpaired) electrons. The lowest BCUT2D eigenvalue weighted by Gasteiger charge is -2.32. The topological polar surface area (TPSA) is 60.2 Å². The van der Waals surface area contributed by atoms with Gasteiger partial charge in [0, 0.05) is 11.4 Å². The number of para-hydroxylation sites is 1. The number of benzene rings is 5. The van der Waals surface area contributed by atoms with Crippen molar-refractivity contribution in [2.24, 2.45) is 0 Å². The highest BCUT2D eigenvalue weighted by Gasteiger charge is 2.33. The number of rotatable bonds is 8. The van der Waals surface area contributed by atoms with Crippen LogP contribution >= 0.6 is 6.89 Å². The van der Waals surface area contributed by atoms with Gasteiger partial charge >= 0.3 is 0 Å². The van der Waals surface area contributed by atoms with Gasteiger partial charge in [-0.15, -0.1) is 0 Å². The molecule has 5 heteroatoms. The lowest BCUT2D eigenvalue weighted by molar-refractivity contribution is -0.385. The number of carbonyl (C=O) groups is 1. The summed E-state index contributed by atoms with van der Waals surface area (Å²) in [5.41, 5.74) is 1.16. The van der Waals surface area contributed by atoms with E-state index in [1.807, 2.05) is 84.9 Å². The molecular formula is C34H26NO3P. The first-order chi connectivity index (χ1) is 19.1. The molecule has 0 unspecified atom stereocenters. The first-order valence-corrected chi connectivity index (χ1v) is 14.4. The summed E-state index contributed by atoms with van der Waals surface area (Å²) in [6.45, 7) is -2.71. The Hall–Kier alpha value is -4.79. The summed E-state index contributed by atoms with van der Waals surface area (Å²) in [6.07, 6.45) is 3.04. The summed E-state index contributed by atoms with van der Waals surface area (Å²) in [5.74, 6) is -0.191. The maximum absolute atomic E-state index is 14.5. The van der Waals surface area contributed by atoms with E-state index in [1.54, 1.807) is 24.3 Å². The summed E-state index contributed by atoms with van der Waals surface area (Å²) in [5, 5.41) is 15.4. The van der Waals surface area contributed by atoms with Gasteiger partial charge in [0.1, 0.15) is 0 Å². The molecule has 0 atom stereocenters.